The molecule has 0 spiro atoms. The molecule has 0 aliphatic heterocycles. The van der Waals surface area contributed by atoms with Crippen molar-refractivity contribution < 1.29 is 0 Å². The van der Waals surface area contributed by atoms with Gasteiger partial charge >= 0.3 is 0 Å². The van der Waals surface area contributed by atoms with Gasteiger partial charge in [-0.05, 0) is 85.1 Å². The van der Waals surface area contributed by atoms with Crippen molar-refractivity contribution in [3.63, 3.8) is 0 Å². The Balaban J connectivity index is 1.59. The number of fused-ring (bicyclic) bond motifs is 4. The minimum Gasteiger partial charge on any atom is -0.316 e. The van der Waals surface area contributed by atoms with E-state index in [1.54, 1.807) is 11.1 Å². The van der Waals surface area contributed by atoms with Gasteiger partial charge < -0.3 is 4.57 Å². The van der Waals surface area contributed by atoms with Crippen LogP contribution in [-0.2, 0) is 5.41 Å². The van der Waals surface area contributed by atoms with Crippen molar-refractivity contribution in [1.29, 1.82) is 0 Å². The van der Waals surface area contributed by atoms with Gasteiger partial charge in [0.2, 0.25) is 0 Å². The van der Waals surface area contributed by atoms with E-state index in [2.05, 4.69) is 103 Å². The number of hydrogen-bond donors (Lipinski definition) is 0. The van der Waals surface area contributed by atoms with E-state index >= 15 is 0 Å². The monoisotopic (exact) mass is 475 g/mol. The van der Waals surface area contributed by atoms with E-state index in [9.17, 15) is 0 Å². The van der Waals surface area contributed by atoms with E-state index in [0.717, 1.165) is 23.4 Å². The lowest BCUT2D eigenvalue weighted by Gasteiger charge is -2.56. The van der Waals surface area contributed by atoms with Crippen LogP contribution in [0.15, 0.2) is 42.0 Å². The van der Waals surface area contributed by atoms with E-state index in [0.29, 0.717) is 11.8 Å². The van der Waals surface area contributed by atoms with Gasteiger partial charge in [-0.3, -0.25) is 0 Å². The Kier molecular flexibility index (Phi) is 5.93. The zero-order valence-corrected chi connectivity index (χ0v) is 24.4. The van der Waals surface area contributed by atoms with Crippen LogP contribution >= 0.6 is 0 Å². The molecule has 0 N–H and O–H groups in total. The van der Waals surface area contributed by atoms with Crippen molar-refractivity contribution in [1.82, 2.24) is 4.57 Å². The lowest BCUT2D eigenvalue weighted by Crippen LogP contribution is -2.65. The fraction of sp³-hybridized carbons (Fsp3) is 0.688. The third kappa shape index (κ3) is 3.57. The van der Waals surface area contributed by atoms with Crippen LogP contribution in [0, 0.1) is 23.7 Å². The Hall–Kier alpha value is -1.12. The van der Waals surface area contributed by atoms with Crippen molar-refractivity contribution in [2.75, 3.05) is 0 Å². The fourth-order valence-corrected chi connectivity index (χ4v) is 15.4. The average Bonchev–Trinajstić information content (AvgIpc) is 3.15. The van der Waals surface area contributed by atoms with Crippen molar-refractivity contribution in [2.24, 2.45) is 23.7 Å². The quantitative estimate of drug-likeness (QED) is 0.395. The molecule has 1 aromatic rings. The Morgan fingerprint density at radius 2 is 1.53 bits per heavy atom. The Labute approximate surface area is 211 Å². The van der Waals surface area contributed by atoms with Crippen LogP contribution in [-0.4, -0.2) is 24.4 Å². The van der Waals surface area contributed by atoms with Crippen LogP contribution in [0.2, 0.25) is 18.6 Å². The third-order valence-electron chi connectivity index (χ3n) is 10.5. The summed E-state index contributed by atoms with van der Waals surface area (Å²) in [6, 6.07) is 10.0. The van der Waals surface area contributed by atoms with Gasteiger partial charge in [-0.1, -0.05) is 96.5 Å². The molecule has 0 amide bonds. The molecule has 1 nitrogen and oxygen atoms in total. The maximum atomic E-state index is 3.12. The molecule has 2 heteroatoms. The predicted octanol–water partition coefficient (Wildman–Crippen LogP) is 8.83. The Bertz CT molecular complexity index is 1000. The zero-order chi connectivity index (χ0) is 24.6. The number of benzene rings is 1. The second-order valence-corrected chi connectivity index (χ2v) is 18.7. The molecule has 4 aliphatic rings. The maximum absolute atomic E-state index is 3.12. The van der Waals surface area contributed by atoms with E-state index < -0.39 is 8.24 Å². The van der Waals surface area contributed by atoms with Crippen LogP contribution in [0.25, 0.3) is 5.57 Å². The molecule has 5 rings (SSSR count). The third-order valence-corrected chi connectivity index (χ3v) is 15.4. The summed E-state index contributed by atoms with van der Waals surface area (Å²) in [5, 5.41) is 0. The van der Waals surface area contributed by atoms with Crippen LogP contribution in [0.1, 0.15) is 91.7 Å². The molecule has 2 fully saturated rings. The van der Waals surface area contributed by atoms with E-state index in [1.807, 2.05) is 0 Å². The standard InChI is InChI=1S/C32H49NSi/c1-21-22(2)30(34(8,9)33(31(3,4)5)23-15-11-10-12-16-23)27-19-26-24-17-13-14-18-28(24)32(6,7)29(26)20-25(21)27/h13-14,17-23,25,27,30H,10-12,15-16H2,1-9H3. The highest BCUT2D eigenvalue weighted by atomic mass is 28.3. The Morgan fingerprint density at radius 3 is 2.18 bits per heavy atom. The van der Waals surface area contributed by atoms with Crippen LogP contribution in [0.5, 0.6) is 0 Å². The minimum absolute atomic E-state index is 0.126. The predicted molar refractivity (Wildman–Crippen MR) is 151 cm³/mol. The molecule has 0 radical (unpaired) electrons. The fourth-order valence-electron chi connectivity index (χ4n) is 9.35. The van der Waals surface area contributed by atoms with Crippen molar-refractivity contribution in [3.05, 3.63) is 53.1 Å². The van der Waals surface area contributed by atoms with Gasteiger partial charge in [0.15, 0.2) is 0 Å². The van der Waals surface area contributed by atoms with Crippen LogP contribution in [0.4, 0.5) is 0 Å². The molecule has 1 aromatic carbocycles. The zero-order valence-electron chi connectivity index (χ0n) is 23.4. The van der Waals surface area contributed by atoms with Gasteiger partial charge in [0, 0.05) is 17.0 Å². The summed E-state index contributed by atoms with van der Waals surface area (Å²) in [5.74, 6) is 2.89. The number of nitrogens with zero attached hydrogens (tertiary/aromatic N) is 1. The highest BCUT2D eigenvalue weighted by Crippen LogP contribution is 2.62. The lowest BCUT2D eigenvalue weighted by atomic mass is 9.75. The smallest absolute Gasteiger partial charge is 0.127 e. The molecule has 5 unspecified atom stereocenters. The summed E-state index contributed by atoms with van der Waals surface area (Å²) in [6.45, 7) is 23.1. The molecule has 186 valence electrons. The van der Waals surface area contributed by atoms with Gasteiger partial charge in [0.05, 0.1) is 0 Å². The molecule has 0 aromatic heterocycles. The second-order valence-electron chi connectivity index (χ2n) is 14.2. The maximum Gasteiger partial charge on any atom is 0.127 e. The SMILES string of the molecule is CC1C(C)C([Si](C)(C)N(C2CCCCC2)C(C)(C)C)C2C=C3C(=CC12)C(C)(C)c1ccccc13. The number of allylic oxidation sites excluding steroid dienone is 4. The first-order chi connectivity index (χ1) is 15.9. The summed E-state index contributed by atoms with van der Waals surface area (Å²) in [4.78, 5) is 0. The van der Waals surface area contributed by atoms with Crippen molar-refractivity contribution in [2.45, 2.75) is 116 Å². The normalized spacial score (nSPS) is 33.3. The summed E-state index contributed by atoms with van der Waals surface area (Å²) < 4.78 is 3.12. The topological polar surface area (TPSA) is 3.24 Å². The first-order valence-electron chi connectivity index (χ1n) is 14.2. The first-order valence-corrected chi connectivity index (χ1v) is 17.2. The molecule has 0 bridgehead atoms. The molecule has 2 saturated carbocycles. The van der Waals surface area contributed by atoms with Crippen molar-refractivity contribution >= 4 is 13.8 Å². The van der Waals surface area contributed by atoms with Gasteiger partial charge in [-0.25, -0.2) is 0 Å². The largest absolute Gasteiger partial charge is 0.316 e. The summed E-state index contributed by atoms with van der Waals surface area (Å²) in [7, 11) is -1.75. The molecular weight excluding hydrogens is 426 g/mol. The summed E-state index contributed by atoms with van der Waals surface area (Å²) in [6.07, 6.45) is 12.6. The second kappa shape index (κ2) is 8.20. The van der Waals surface area contributed by atoms with Gasteiger partial charge in [0.25, 0.3) is 0 Å². The molecular formula is C32H49NSi. The van der Waals surface area contributed by atoms with E-state index in [4.69, 9.17) is 0 Å². The lowest BCUT2D eigenvalue weighted by molar-refractivity contribution is 0.138. The first kappa shape index (κ1) is 24.6. The highest BCUT2D eigenvalue weighted by Gasteiger charge is 2.58. The van der Waals surface area contributed by atoms with Crippen LogP contribution in [0.3, 0.4) is 0 Å². The van der Waals surface area contributed by atoms with Crippen LogP contribution < -0.4 is 0 Å². The average molecular weight is 476 g/mol. The van der Waals surface area contributed by atoms with E-state index in [1.165, 1.54) is 43.2 Å². The number of rotatable bonds is 3. The molecule has 4 aliphatic carbocycles. The molecule has 5 atom stereocenters. The summed E-state index contributed by atoms with van der Waals surface area (Å²) >= 11 is 0. The molecule has 0 saturated heterocycles. The minimum atomic E-state index is -1.75. The van der Waals surface area contributed by atoms with Gasteiger partial charge in [-0.2, -0.15) is 0 Å². The van der Waals surface area contributed by atoms with Crippen molar-refractivity contribution in [3.8, 4) is 0 Å². The highest BCUT2D eigenvalue weighted by molar-refractivity contribution is 6.76. The van der Waals surface area contributed by atoms with Gasteiger partial charge in [-0.15, -0.1) is 0 Å². The number of hydrogen-bond acceptors (Lipinski definition) is 1. The van der Waals surface area contributed by atoms with E-state index in [-0.39, 0.29) is 11.0 Å². The summed E-state index contributed by atoms with van der Waals surface area (Å²) in [5.41, 5.74) is 7.37. The van der Waals surface area contributed by atoms with Gasteiger partial charge in [0.1, 0.15) is 8.24 Å². The molecule has 34 heavy (non-hydrogen) atoms. The Morgan fingerprint density at radius 1 is 0.882 bits per heavy atom. The molecule has 0 heterocycles.